The molecule has 4 nitrogen and oxygen atoms in total. The highest BCUT2D eigenvalue weighted by molar-refractivity contribution is 6.31. The zero-order valence-corrected chi connectivity index (χ0v) is 11.3. The summed E-state index contributed by atoms with van der Waals surface area (Å²) in [6, 6.07) is 3.79. The number of pyridine rings is 1. The molecular weight excluding hydrogens is 262 g/mol. The lowest BCUT2D eigenvalue weighted by atomic mass is 9.94. The summed E-state index contributed by atoms with van der Waals surface area (Å²) in [5.41, 5.74) is 0.955. The van der Waals surface area contributed by atoms with E-state index in [2.05, 4.69) is 10.3 Å². The van der Waals surface area contributed by atoms with Crippen LogP contribution in [0.5, 0.6) is 0 Å². The van der Waals surface area contributed by atoms with Crippen molar-refractivity contribution in [3.63, 3.8) is 0 Å². The maximum atomic E-state index is 11.1. The molecule has 0 spiro atoms. The average molecular weight is 278 g/mol. The van der Waals surface area contributed by atoms with E-state index in [0.717, 1.165) is 37.1 Å². The van der Waals surface area contributed by atoms with E-state index in [1.807, 2.05) is 16.5 Å². The first-order valence-electron chi connectivity index (χ1n) is 6.71. The van der Waals surface area contributed by atoms with Crippen molar-refractivity contribution in [1.82, 2.24) is 14.7 Å². The van der Waals surface area contributed by atoms with Crippen molar-refractivity contribution in [2.24, 2.45) is 11.8 Å². The molecule has 0 unspecified atom stereocenters. The minimum atomic E-state index is -0.825. The molecule has 2 aromatic rings. The molecule has 5 heteroatoms. The Morgan fingerprint density at radius 3 is 2.79 bits per heavy atom. The topological polar surface area (TPSA) is 49.6 Å². The van der Waals surface area contributed by atoms with Gasteiger partial charge in [0.2, 0.25) is 0 Å². The molecule has 3 heterocycles. The van der Waals surface area contributed by atoms with Gasteiger partial charge in [0.1, 0.15) is 5.60 Å². The van der Waals surface area contributed by atoms with Crippen molar-refractivity contribution >= 4 is 17.1 Å². The highest BCUT2D eigenvalue weighted by Gasteiger charge is 2.48. The summed E-state index contributed by atoms with van der Waals surface area (Å²) in [5, 5.41) is 15.1. The normalized spacial score (nSPS) is 28.9. The van der Waals surface area contributed by atoms with Gasteiger partial charge in [-0.05, 0) is 49.9 Å². The number of hydrogen-bond acceptors (Lipinski definition) is 3. The number of halogens is 1. The van der Waals surface area contributed by atoms with Gasteiger partial charge in [-0.2, -0.15) is 0 Å². The molecule has 2 fully saturated rings. The number of aromatic nitrogens is 2. The Labute approximate surface area is 116 Å². The van der Waals surface area contributed by atoms with Crippen LogP contribution in [0.2, 0.25) is 5.02 Å². The molecule has 19 heavy (non-hydrogen) atoms. The first kappa shape index (κ1) is 11.7. The Kier molecular flexibility index (Phi) is 2.43. The van der Waals surface area contributed by atoms with Gasteiger partial charge in [-0.1, -0.05) is 11.6 Å². The van der Waals surface area contributed by atoms with Gasteiger partial charge in [0.15, 0.2) is 0 Å². The summed E-state index contributed by atoms with van der Waals surface area (Å²) in [4.78, 5) is 4.16. The van der Waals surface area contributed by atoms with E-state index in [-0.39, 0.29) is 0 Å². The minimum absolute atomic E-state index is 0.555. The van der Waals surface area contributed by atoms with Crippen LogP contribution in [0.15, 0.2) is 24.7 Å². The van der Waals surface area contributed by atoms with Crippen LogP contribution in [-0.4, -0.2) is 27.6 Å². The van der Waals surface area contributed by atoms with Crippen LogP contribution in [0.25, 0.3) is 5.52 Å². The third-order valence-corrected chi connectivity index (χ3v) is 4.96. The molecule has 1 aliphatic carbocycles. The number of rotatable bonds is 1. The lowest BCUT2D eigenvalue weighted by molar-refractivity contribution is 0.0304. The van der Waals surface area contributed by atoms with Gasteiger partial charge in [-0.15, -0.1) is 0 Å². The monoisotopic (exact) mass is 277 g/mol. The number of imidazole rings is 1. The molecule has 1 aliphatic heterocycles. The second-order valence-electron chi connectivity index (χ2n) is 5.84. The number of aliphatic hydroxyl groups is 1. The van der Waals surface area contributed by atoms with Crippen LogP contribution >= 0.6 is 11.6 Å². The number of nitrogens with zero attached hydrogens (tertiary/aromatic N) is 2. The van der Waals surface area contributed by atoms with Gasteiger partial charge in [0.05, 0.1) is 28.8 Å². The Morgan fingerprint density at radius 2 is 2.05 bits per heavy atom. The molecule has 1 saturated heterocycles. The Morgan fingerprint density at radius 1 is 1.32 bits per heavy atom. The second-order valence-corrected chi connectivity index (χ2v) is 6.24. The molecule has 0 bridgehead atoms. The lowest BCUT2D eigenvalue weighted by Gasteiger charge is -2.26. The van der Waals surface area contributed by atoms with Crippen molar-refractivity contribution in [3.8, 4) is 0 Å². The van der Waals surface area contributed by atoms with Gasteiger partial charge >= 0.3 is 0 Å². The molecule has 4 rings (SSSR count). The predicted molar refractivity (Wildman–Crippen MR) is 73.2 cm³/mol. The summed E-state index contributed by atoms with van der Waals surface area (Å²) in [5.74, 6) is 1.11. The first-order valence-corrected chi connectivity index (χ1v) is 7.09. The van der Waals surface area contributed by atoms with E-state index >= 15 is 0 Å². The van der Waals surface area contributed by atoms with Crippen LogP contribution < -0.4 is 5.32 Å². The fraction of sp³-hybridized carbons (Fsp3) is 0.500. The van der Waals surface area contributed by atoms with Crippen LogP contribution in [-0.2, 0) is 5.60 Å². The largest absolute Gasteiger partial charge is 0.384 e. The van der Waals surface area contributed by atoms with E-state index in [0.29, 0.717) is 16.9 Å². The molecule has 2 aliphatic rings. The molecule has 1 saturated carbocycles. The maximum Gasteiger partial charge on any atom is 0.107 e. The standard InChI is InChI=1S/C14H16ClN3O/c15-12-2-1-11-7-17-8-18(11)13(12)14(19)3-9-5-16-6-10(9)4-14/h1-2,7-10,16,19H,3-6H2/t9-,10-/m0/s1. The first-order chi connectivity index (χ1) is 9.17. The molecule has 0 radical (unpaired) electrons. The lowest BCUT2D eigenvalue weighted by Crippen LogP contribution is -2.28. The SMILES string of the molecule is OC1(c2c(Cl)ccc3cncn23)C[C@H]2CNC[C@@H]2C1. The highest BCUT2D eigenvalue weighted by Crippen LogP contribution is 2.48. The van der Waals surface area contributed by atoms with E-state index in [4.69, 9.17) is 11.6 Å². The quantitative estimate of drug-likeness (QED) is 0.836. The van der Waals surface area contributed by atoms with Gasteiger partial charge in [0.25, 0.3) is 0 Å². The molecule has 2 atom stereocenters. The van der Waals surface area contributed by atoms with Crippen LogP contribution in [0.3, 0.4) is 0 Å². The Balaban J connectivity index is 1.86. The van der Waals surface area contributed by atoms with Crippen molar-refractivity contribution < 1.29 is 5.11 Å². The number of hydrogen-bond donors (Lipinski definition) is 2. The van der Waals surface area contributed by atoms with Gasteiger partial charge in [-0.25, -0.2) is 4.98 Å². The van der Waals surface area contributed by atoms with E-state index < -0.39 is 5.60 Å². The fourth-order valence-corrected chi connectivity index (χ4v) is 4.15. The smallest absolute Gasteiger partial charge is 0.107 e. The summed E-state index contributed by atoms with van der Waals surface area (Å²) >= 11 is 6.36. The molecular formula is C14H16ClN3O. The van der Waals surface area contributed by atoms with Crippen LogP contribution in [0, 0.1) is 11.8 Å². The van der Waals surface area contributed by atoms with Crippen LogP contribution in [0.1, 0.15) is 18.5 Å². The third kappa shape index (κ3) is 1.64. The fourth-order valence-electron chi connectivity index (χ4n) is 3.82. The molecule has 0 amide bonds. The van der Waals surface area contributed by atoms with Crippen molar-refractivity contribution in [2.75, 3.05) is 13.1 Å². The van der Waals surface area contributed by atoms with Crippen molar-refractivity contribution in [1.29, 1.82) is 0 Å². The Bertz CT molecular complexity index is 627. The van der Waals surface area contributed by atoms with E-state index in [9.17, 15) is 5.11 Å². The number of nitrogens with one attached hydrogen (secondary N) is 1. The summed E-state index contributed by atoms with van der Waals surface area (Å²) in [7, 11) is 0. The molecule has 0 aromatic carbocycles. The van der Waals surface area contributed by atoms with Crippen molar-refractivity contribution in [2.45, 2.75) is 18.4 Å². The predicted octanol–water partition coefficient (Wildman–Crippen LogP) is 1.80. The maximum absolute atomic E-state index is 11.1. The van der Waals surface area contributed by atoms with Crippen molar-refractivity contribution in [3.05, 3.63) is 35.4 Å². The zero-order chi connectivity index (χ0) is 13.0. The molecule has 2 aromatic heterocycles. The van der Waals surface area contributed by atoms with E-state index in [1.165, 1.54) is 0 Å². The third-order valence-electron chi connectivity index (χ3n) is 4.65. The van der Waals surface area contributed by atoms with Gasteiger partial charge < -0.3 is 10.4 Å². The zero-order valence-electron chi connectivity index (χ0n) is 10.5. The Hall–Kier alpha value is -1.10. The summed E-state index contributed by atoms with van der Waals surface area (Å²) in [6.07, 6.45) is 5.09. The number of fused-ring (bicyclic) bond motifs is 2. The molecule has 100 valence electrons. The average Bonchev–Trinajstić information content (AvgIpc) is 3.02. The van der Waals surface area contributed by atoms with Gasteiger partial charge in [-0.3, -0.25) is 4.40 Å². The van der Waals surface area contributed by atoms with E-state index in [1.54, 1.807) is 12.5 Å². The van der Waals surface area contributed by atoms with Crippen LogP contribution in [0.4, 0.5) is 0 Å². The second kappa shape index (κ2) is 3.95. The summed E-state index contributed by atoms with van der Waals surface area (Å²) < 4.78 is 1.93. The van der Waals surface area contributed by atoms with Gasteiger partial charge in [0, 0.05) is 0 Å². The highest BCUT2D eigenvalue weighted by atomic mass is 35.5. The minimum Gasteiger partial charge on any atom is -0.384 e. The molecule has 2 N–H and O–H groups in total. The summed E-state index contributed by atoms with van der Waals surface area (Å²) in [6.45, 7) is 2.01.